The summed E-state index contributed by atoms with van der Waals surface area (Å²) in [5, 5.41) is 24.2. The monoisotopic (exact) mass is 718 g/mol. The average molecular weight is 719 g/mol. The van der Waals surface area contributed by atoms with E-state index in [1.165, 1.54) is 6.07 Å². The summed E-state index contributed by atoms with van der Waals surface area (Å²) < 4.78 is 35.0. The van der Waals surface area contributed by atoms with Gasteiger partial charge < -0.3 is 34.2 Å². The Kier molecular flexibility index (Phi) is 12.7. The molecule has 2 saturated carbocycles. The van der Waals surface area contributed by atoms with E-state index in [0.29, 0.717) is 42.9 Å². The number of benzene rings is 2. The number of ether oxygens (including phenoxy) is 3. The molecule has 1 amide bonds. The topological polar surface area (TPSA) is 110 Å². The molecule has 2 fully saturated rings. The molecule has 4 aliphatic rings. The number of carbonyl (C=O) groups is 1. The Balaban J connectivity index is 1.54. The molecule has 2 N–H and O–H groups in total. The van der Waals surface area contributed by atoms with Crippen LogP contribution in [0.25, 0.3) is 0 Å². The molecule has 3 aliphatic carbocycles. The van der Waals surface area contributed by atoms with E-state index in [-0.39, 0.29) is 67.7 Å². The molecule has 2 aromatic rings. The van der Waals surface area contributed by atoms with Gasteiger partial charge in [0, 0.05) is 49.1 Å². The van der Waals surface area contributed by atoms with Gasteiger partial charge in [0.2, 0.25) is 11.7 Å². The zero-order valence-corrected chi connectivity index (χ0v) is 30.7. The number of oxime groups is 1. The molecule has 1 heterocycles. The van der Waals surface area contributed by atoms with E-state index in [1.807, 2.05) is 23.1 Å². The summed E-state index contributed by atoms with van der Waals surface area (Å²) in [5.74, 6) is -0.468. The number of rotatable bonds is 19. The lowest BCUT2D eigenvalue weighted by molar-refractivity contribution is -0.257. The molecule has 0 saturated heterocycles. The van der Waals surface area contributed by atoms with Crippen LogP contribution >= 0.6 is 0 Å². The SMILES string of the molecule is C=CCOC12Oc3ccc(OCc4ccccc4F)cc3C3C(CCCCO)C(CCCCO)C=C(C(=NOC)CC1N(CCC)C(=O)C1CC1)C32. The summed E-state index contributed by atoms with van der Waals surface area (Å²) in [5.41, 5.74) is 3.21. The summed E-state index contributed by atoms with van der Waals surface area (Å²) in [6.45, 7) is 7.16. The van der Waals surface area contributed by atoms with Crippen LogP contribution in [0.15, 0.2) is 71.9 Å². The summed E-state index contributed by atoms with van der Waals surface area (Å²) in [6, 6.07) is 11.9. The molecule has 2 aromatic carbocycles. The Morgan fingerprint density at radius 2 is 1.88 bits per heavy atom. The van der Waals surface area contributed by atoms with Crippen molar-refractivity contribution >= 4 is 11.6 Å². The fraction of sp³-hybridized carbons (Fsp3) is 0.571. The molecule has 0 bridgehead atoms. The molecule has 282 valence electrons. The summed E-state index contributed by atoms with van der Waals surface area (Å²) >= 11 is 0. The van der Waals surface area contributed by atoms with Crippen molar-refractivity contribution in [2.45, 2.75) is 95.5 Å². The number of hydrogen-bond donors (Lipinski definition) is 2. The third kappa shape index (κ3) is 7.80. The molecule has 9 nitrogen and oxygen atoms in total. The molecule has 10 heteroatoms. The van der Waals surface area contributed by atoms with Crippen molar-refractivity contribution in [3.8, 4) is 11.5 Å². The minimum atomic E-state index is -1.26. The molecule has 0 aromatic heterocycles. The first-order valence-corrected chi connectivity index (χ1v) is 19.2. The highest BCUT2D eigenvalue weighted by Gasteiger charge is 2.65. The van der Waals surface area contributed by atoms with Crippen LogP contribution in [0, 0.1) is 29.5 Å². The third-order valence-corrected chi connectivity index (χ3v) is 11.2. The summed E-state index contributed by atoms with van der Waals surface area (Å²) in [4.78, 5) is 21.7. The maximum Gasteiger partial charge on any atom is 0.239 e. The van der Waals surface area contributed by atoms with Crippen LogP contribution in [0.4, 0.5) is 4.39 Å². The summed E-state index contributed by atoms with van der Waals surface area (Å²) in [7, 11) is 1.56. The number of halogens is 1. The number of amides is 1. The molecule has 1 aliphatic heterocycles. The van der Waals surface area contributed by atoms with Gasteiger partial charge in [0.05, 0.1) is 18.2 Å². The molecule has 6 unspecified atom stereocenters. The second-order valence-corrected chi connectivity index (χ2v) is 14.6. The van der Waals surface area contributed by atoms with E-state index in [1.54, 1.807) is 31.4 Å². The number of aliphatic hydroxyl groups excluding tert-OH is 2. The van der Waals surface area contributed by atoms with Crippen molar-refractivity contribution < 1.29 is 38.4 Å². The highest BCUT2D eigenvalue weighted by Crippen LogP contribution is 2.62. The molecule has 6 atom stereocenters. The highest BCUT2D eigenvalue weighted by atomic mass is 19.1. The largest absolute Gasteiger partial charge is 0.489 e. The predicted molar refractivity (Wildman–Crippen MR) is 197 cm³/mol. The van der Waals surface area contributed by atoms with E-state index >= 15 is 0 Å². The first-order chi connectivity index (χ1) is 25.4. The normalized spacial score (nSPS) is 26.8. The van der Waals surface area contributed by atoms with E-state index in [4.69, 9.17) is 19.0 Å². The van der Waals surface area contributed by atoms with Crippen molar-refractivity contribution in [1.82, 2.24) is 4.90 Å². The van der Waals surface area contributed by atoms with Crippen molar-refractivity contribution in [1.29, 1.82) is 0 Å². The molecule has 6 rings (SSSR count). The lowest BCUT2D eigenvalue weighted by Crippen LogP contribution is -2.70. The standard InChI is InChI=1S/C42H55FN2O7/c1-4-20-45(41(48)28-16-17-28)38-26-36(44-49-3)33-24-29(12-8-10-21-46)32(14-9-11-22-47)39-34-25-31(50-27-30-13-6-7-15-35(30)43)18-19-37(34)52-42(38,40(33)39)51-23-5-2/h5-7,13,15,18-19,24-25,28-29,32,38-40,46-47H,2,4,8-12,14,16-17,20-23,26-27H2,1,3H3. The predicted octanol–water partition coefficient (Wildman–Crippen LogP) is 7.32. The van der Waals surface area contributed by atoms with E-state index in [0.717, 1.165) is 61.8 Å². The number of unbranched alkanes of at least 4 members (excludes halogenated alkanes) is 2. The van der Waals surface area contributed by atoms with Gasteiger partial charge in [0.15, 0.2) is 0 Å². The van der Waals surface area contributed by atoms with Gasteiger partial charge in [0.25, 0.3) is 0 Å². The van der Waals surface area contributed by atoms with Crippen molar-refractivity contribution in [3.63, 3.8) is 0 Å². The van der Waals surface area contributed by atoms with Crippen LogP contribution < -0.4 is 9.47 Å². The summed E-state index contributed by atoms with van der Waals surface area (Å²) in [6.07, 6.45) is 11.8. The van der Waals surface area contributed by atoms with Crippen LogP contribution in [0.1, 0.15) is 88.2 Å². The fourth-order valence-electron chi connectivity index (χ4n) is 8.85. The molecular formula is C42H55FN2O7. The molecular weight excluding hydrogens is 663 g/mol. The Labute approximate surface area is 307 Å². The molecule has 0 radical (unpaired) electrons. The first-order valence-electron chi connectivity index (χ1n) is 19.2. The lowest BCUT2D eigenvalue weighted by Gasteiger charge is -2.60. The van der Waals surface area contributed by atoms with Gasteiger partial charge in [-0.25, -0.2) is 4.39 Å². The van der Waals surface area contributed by atoms with Gasteiger partial charge in [-0.05, 0) is 86.6 Å². The number of hydrogen-bond acceptors (Lipinski definition) is 8. The van der Waals surface area contributed by atoms with Crippen LogP contribution in [-0.4, -0.2) is 72.0 Å². The van der Waals surface area contributed by atoms with Crippen LogP contribution in [0.3, 0.4) is 0 Å². The second kappa shape index (κ2) is 17.4. The van der Waals surface area contributed by atoms with Gasteiger partial charge in [-0.3, -0.25) is 4.79 Å². The Morgan fingerprint density at radius 3 is 2.58 bits per heavy atom. The zero-order chi connectivity index (χ0) is 36.7. The Bertz CT molecular complexity index is 1610. The van der Waals surface area contributed by atoms with Gasteiger partial charge in [-0.2, -0.15) is 0 Å². The minimum absolute atomic E-state index is 0.00270. The lowest BCUT2D eigenvalue weighted by atomic mass is 9.55. The molecule has 0 spiro atoms. The van der Waals surface area contributed by atoms with Crippen molar-refractivity contribution in [3.05, 3.63) is 83.7 Å². The maximum absolute atomic E-state index is 14.6. The number of aliphatic hydroxyl groups is 2. The van der Waals surface area contributed by atoms with Gasteiger partial charge >= 0.3 is 0 Å². The zero-order valence-electron chi connectivity index (χ0n) is 30.7. The number of fused-ring (bicyclic) bond motifs is 2. The van der Waals surface area contributed by atoms with Crippen molar-refractivity contribution in [2.24, 2.45) is 28.8 Å². The number of carbonyl (C=O) groups excluding carboxylic acids is 1. The average Bonchev–Trinajstić information content (AvgIpc) is 4.01. The van der Waals surface area contributed by atoms with Gasteiger partial charge in [0.1, 0.15) is 37.1 Å². The first kappa shape index (κ1) is 38.0. The smallest absolute Gasteiger partial charge is 0.239 e. The quantitative estimate of drug-likeness (QED) is 0.0891. The van der Waals surface area contributed by atoms with Crippen LogP contribution in [0.2, 0.25) is 0 Å². The highest BCUT2D eigenvalue weighted by molar-refractivity contribution is 6.03. The third-order valence-electron chi connectivity index (χ3n) is 11.2. The van der Waals surface area contributed by atoms with E-state index in [2.05, 4.69) is 24.7 Å². The Morgan fingerprint density at radius 1 is 1.12 bits per heavy atom. The van der Waals surface area contributed by atoms with Crippen LogP contribution in [-0.2, 0) is 21.0 Å². The van der Waals surface area contributed by atoms with E-state index < -0.39 is 11.8 Å². The van der Waals surface area contributed by atoms with E-state index in [9.17, 15) is 19.4 Å². The maximum atomic E-state index is 14.6. The fourth-order valence-corrected chi connectivity index (χ4v) is 8.85. The van der Waals surface area contributed by atoms with Gasteiger partial charge in [-0.1, -0.05) is 55.3 Å². The van der Waals surface area contributed by atoms with Crippen LogP contribution in [0.5, 0.6) is 11.5 Å². The minimum Gasteiger partial charge on any atom is -0.489 e. The number of nitrogens with zero attached hydrogens (tertiary/aromatic N) is 2. The number of allylic oxidation sites excluding steroid dienone is 1. The molecule has 52 heavy (non-hydrogen) atoms. The second-order valence-electron chi connectivity index (χ2n) is 14.6. The Hall–Kier alpha value is -3.73. The van der Waals surface area contributed by atoms with Gasteiger partial charge in [-0.15, -0.1) is 6.58 Å². The van der Waals surface area contributed by atoms with Crippen molar-refractivity contribution in [2.75, 3.05) is 33.5 Å².